The summed E-state index contributed by atoms with van der Waals surface area (Å²) in [4.78, 5) is 41.1. The van der Waals surface area contributed by atoms with Crippen molar-refractivity contribution in [2.75, 3.05) is 5.32 Å². The Hall–Kier alpha value is -3.62. The van der Waals surface area contributed by atoms with Gasteiger partial charge in [0, 0.05) is 33.0 Å². The second kappa shape index (κ2) is 5.97. The molecule has 0 bridgehead atoms. The molecule has 1 aromatic carbocycles. The fourth-order valence-corrected chi connectivity index (χ4v) is 3.31. The quantitative estimate of drug-likeness (QED) is 0.573. The van der Waals surface area contributed by atoms with Crippen molar-refractivity contribution in [2.24, 2.45) is 21.1 Å². The topological polar surface area (TPSA) is 95.9 Å². The molecule has 0 saturated carbocycles. The van der Waals surface area contributed by atoms with Crippen LogP contribution in [0.3, 0.4) is 0 Å². The second-order valence-electron chi connectivity index (χ2n) is 6.43. The number of imidazole rings is 2. The van der Waals surface area contributed by atoms with Gasteiger partial charge in [0.1, 0.15) is 6.54 Å². The number of anilines is 1. The number of hydrogen-bond acceptors (Lipinski definition) is 4. The fourth-order valence-electron chi connectivity index (χ4n) is 3.31. The minimum Gasteiger partial charge on any atom is -0.324 e. The van der Waals surface area contributed by atoms with Crippen LogP contribution in [-0.2, 0) is 32.5 Å². The van der Waals surface area contributed by atoms with Gasteiger partial charge in [0.25, 0.3) is 0 Å². The average molecular weight is 366 g/mol. The summed E-state index contributed by atoms with van der Waals surface area (Å²) in [5, 5.41) is 2.79. The molecule has 27 heavy (non-hydrogen) atoms. The molecule has 9 heteroatoms. The summed E-state index contributed by atoms with van der Waals surface area (Å²) in [6, 6.07) is 8.72. The molecule has 0 aliphatic carbocycles. The molecule has 0 atom stereocenters. The van der Waals surface area contributed by atoms with Crippen molar-refractivity contribution < 1.29 is 4.79 Å². The van der Waals surface area contributed by atoms with Crippen LogP contribution >= 0.6 is 0 Å². The first-order valence-electron chi connectivity index (χ1n) is 8.34. The zero-order valence-electron chi connectivity index (χ0n) is 15.1. The zero-order valence-corrected chi connectivity index (χ0v) is 15.1. The van der Waals surface area contributed by atoms with E-state index < -0.39 is 0 Å². The molecule has 9 nitrogen and oxygen atoms in total. The first kappa shape index (κ1) is 16.8. The molecule has 1 N–H and O–H groups in total. The Labute approximate surface area is 153 Å². The van der Waals surface area contributed by atoms with Crippen LogP contribution in [0.1, 0.15) is 0 Å². The molecular weight excluding hydrogens is 348 g/mol. The van der Waals surface area contributed by atoms with E-state index in [-0.39, 0.29) is 23.8 Å². The lowest BCUT2D eigenvalue weighted by molar-refractivity contribution is -0.116. The first-order valence-corrected chi connectivity index (χ1v) is 8.34. The van der Waals surface area contributed by atoms with Gasteiger partial charge in [-0.05, 0) is 30.3 Å². The average Bonchev–Trinajstić information content (AvgIpc) is 3.03. The molecule has 138 valence electrons. The third-order valence-corrected chi connectivity index (χ3v) is 4.75. The SMILES string of the molecule is Cn1c(=O)n(C)c2cc(NC(=O)Cn3c(=O)n(C)c4ncccc43)ccc21. The van der Waals surface area contributed by atoms with Crippen LogP contribution in [-0.4, -0.2) is 29.2 Å². The Morgan fingerprint density at radius 3 is 2.48 bits per heavy atom. The van der Waals surface area contributed by atoms with E-state index in [1.807, 2.05) is 0 Å². The fraction of sp³-hybridized carbons (Fsp3) is 0.222. The minimum absolute atomic E-state index is 0.131. The summed E-state index contributed by atoms with van der Waals surface area (Å²) < 4.78 is 5.86. The lowest BCUT2D eigenvalue weighted by atomic mass is 10.2. The maximum atomic E-state index is 12.5. The predicted octanol–water partition coefficient (Wildman–Crippen LogP) is 0.564. The van der Waals surface area contributed by atoms with Gasteiger partial charge in [-0.1, -0.05) is 0 Å². The summed E-state index contributed by atoms with van der Waals surface area (Å²) >= 11 is 0. The third kappa shape index (κ3) is 2.55. The lowest BCUT2D eigenvalue weighted by Crippen LogP contribution is -2.28. The smallest absolute Gasteiger partial charge is 0.324 e. The van der Waals surface area contributed by atoms with Crippen molar-refractivity contribution in [1.82, 2.24) is 23.3 Å². The van der Waals surface area contributed by atoms with Crippen LogP contribution in [0.15, 0.2) is 46.1 Å². The molecule has 1 amide bonds. The molecule has 0 fully saturated rings. The first-order chi connectivity index (χ1) is 12.9. The van der Waals surface area contributed by atoms with Crippen LogP contribution in [0.2, 0.25) is 0 Å². The number of rotatable bonds is 3. The van der Waals surface area contributed by atoms with Crippen molar-refractivity contribution in [3.8, 4) is 0 Å². The number of aryl methyl sites for hydroxylation is 3. The number of carbonyl (C=O) groups excluding carboxylic acids is 1. The van der Waals surface area contributed by atoms with Crippen molar-refractivity contribution >= 4 is 33.8 Å². The molecule has 0 aliphatic rings. The second-order valence-corrected chi connectivity index (χ2v) is 6.43. The van der Waals surface area contributed by atoms with Gasteiger partial charge in [0.2, 0.25) is 5.91 Å². The Kier molecular flexibility index (Phi) is 3.72. The Balaban J connectivity index is 1.65. The summed E-state index contributed by atoms with van der Waals surface area (Å²) in [6.45, 7) is -0.131. The van der Waals surface area contributed by atoms with Gasteiger partial charge in [-0.15, -0.1) is 0 Å². The number of amides is 1. The van der Waals surface area contributed by atoms with Crippen LogP contribution in [0.4, 0.5) is 5.69 Å². The van der Waals surface area contributed by atoms with Crippen LogP contribution in [0.25, 0.3) is 22.2 Å². The Bertz CT molecular complexity index is 1320. The normalized spacial score (nSPS) is 11.4. The monoisotopic (exact) mass is 366 g/mol. The summed E-state index contributed by atoms with van der Waals surface area (Å²) in [5.41, 5.74) is 2.73. The molecule has 0 radical (unpaired) electrons. The number of aromatic nitrogens is 5. The van der Waals surface area contributed by atoms with E-state index in [2.05, 4.69) is 10.3 Å². The van der Waals surface area contributed by atoms with Gasteiger partial charge < -0.3 is 5.32 Å². The van der Waals surface area contributed by atoms with Crippen molar-refractivity contribution in [3.05, 3.63) is 57.5 Å². The Morgan fingerprint density at radius 1 is 0.963 bits per heavy atom. The zero-order chi connectivity index (χ0) is 19.3. The van der Waals surface area contributed by atoms with E-state index in [9.17, 15) is 14.4 Å². The van der Waals surface area contributed by atoms with E-state index in [1.54, 1.807) is 62.2 Å². The van der Waals surface area contributed by atoms with Gasteiger partial charge in [0.15, 0.2) is 5.65 Å². The largest absolute Gasteiger partial charge is 0.330 e. The van der Waals surface area contributed by atoms with E-state index in [0.29, 0.717) is 22.4 Å². The third-order valence-electron chi connectivity index (χ3n) is 4.75. The molecule has 0 saturated heterocycles. The van der Waals surface area contributed by atoms with Gasteiger partial charge in [-0.2, -0.15) is 0 Å². The maximum Gasteiger partial charge on any atom is 0.330 e. The van der Waals surface area contributed by atoms with Gasteiger partial charge in [-0.3, -0.25) is 23.1 Å². The minimum atomic E-state index is -0.339. The van der Waals surface area contributed by atoms with Crippen molar-refractivity contribution in [3.63, 3.8) is 0 Å². The van der Waals surface area contributed by atoms with Crippen LogP contribution in [0.5, 0.6) is 0 Å². The molecule has 0 unspecified atom stereocenters. The van der Waals surface area contributed by atoms with E-state index >= 15 is 0 Å². The summed E-state index contributed by atoms with van der Waals surface area (Å²) in [6.07, 6.45) is 1.60. The number of pyridine rings is 1. The van der Waals surface area contributed by atoms with Crippen LogP contribution in [0, 0.1) is 0 Å². The van der Waals surface area contributed by atoms with Crippen molar-refractivity contribution in [1.29, 1.82) is 0 Å². The molecule has 4 rings (SSSR count). The molecule has 0 aliphatic heterocycles. The van der Waals surface area contributed by atoms with Gasteiger partial charge in [0.05, 0.1) is 16.6 Å². The molecule has 3 aromatic heterocycles. The highest BCUT2D eigenvalue weighted by Gasteiger charge is 2.15. The van der Waals surface area contributed by atoms with Crippen LogP contribution < -0.4 is 16.7 Å². The highest BCUT2D eigenvalue weighted by molar-refractivity contribution is 5.93. The highest BCUT2D eigenvalue weighted by Crippen LogP contribution is 2.18. The molecule has 3 heterocycles. The summed E-state index contributed by atoms with van der Waals surface area (Å²) in [5.74, 6) is -0.339. The number of hydrogen-bond donors (Lipinski definition) is 1. The highest BCUT2D eigenvalue weighted by atomic mass is 16.2. The number of fused-ring (bicyclic) bond motifs is 2. The number of carbonyl (C=O) groups is 1. The molecule has 0 spiro atoms. The standard InChI is InChI=1S/C18H18N6O3/c1-21-12-7-6-11(9-14(12)22(2)17(21)26)20-15(25)10-24-13-5-4-8-19-16(13)23(3)18(24)27/h4-9H,10H2,1-3H3,(H,20,25). The van der Waals surface area contributed by atoms with E-state index in [1.165, 1.54) is 13.7 Å². The summed E-state index contributed by atoms with van der Waals surface area (Å²) in [7, 11) is 5.00. The van der Waals surface area contributed by atoms with E-state index in [4.69, 9.17) is 0 Å². The number of nitrogens with one attached hydrogen (secondary N) is 1. The maximum absolute atomic E-state index is 12.5. The van der Waals surface area contributed by atoms with Gasteiger partial charge >= 0.3 is 11.4 Å². The van der Waals surface area contributed by atoms with E-state index in [0.717, 1.165) is 5.52 Å². The predicted molar refractivity (Wildman–Crippen MR) is 102 cm³/mol. The number of nitrogens with zero attached hydrogens (tertiary/aromatic N) is 5. The van der Waals surface area contributed by atoms with Crippen molar-refractivity contribution in [2.45, 2.75) is 6.54 Å². The van der Waals surface area contributed by atoms with Gasteiger partial charge in [-0.25, -0.2) is 14.6 Å². The Morgan fingerprint density at radius 2 is 1.70 bits per heavy atom. The number of benzene rings is 1. The lowest BCUT2D eigenvalue weighted by Gasteiger charge is -2.07. The molecule has 4 aromatic rings. The molecular formula is C18H18N6O3.